The van der Waals surface area contributed by atoms with E-state index in [-0.39, 0.29) is 13.2 Å². The maximum Gasteiger partial charge on any atom is 0.333 e. The Kier molecular flexibility index (Phi) is 6.15. The van der Waals surface area contributed by atoms with Gasteiger partial charge >= 0.3 is 10.3 Å². The predicted molar refractivity (Wildman–Crippen MR) is 120 cm³/mol. The molecule has 0 aliphatic carbocycles. The van der Waals surface area contributed by atoms with Crippen LogP contribution in [0.5, 0.6) is 5.75 Å². The molecule has 3 heterocycles. The van der Waals surface area contributed by atoms with E-state index in [9.17, 15) is 13.5 Å². The lowest BCUT2D eigenvalue weighted by Crippen LogP contribution is -2.31. The third-order valence-corrected chi connectivity index (χ3v) is 6.00. The van der Waals surface area contributed by atoms with Gasteiger partial charge in [-0.15, -0.1) is 0 Å². The molecular formula is C21H25N5O5S. The first-order valence-electron chi connectivity index (χ1n) is 10.1. The molecule has 32 heavy (non-hydrogen) atoms. The number of rotatable bonds is 9. The molecule has 0 aliphatic rings. The fourth-order valence-electron chi connectivity index (χ4n) is 3.76. The number of methoxy groups -OCH3 is 1. The highest BCUT2D eigenvalue weighted by Gasteiger charge is 2.22. The van der Waals surface area contributed by atoms with Gasteiger partial charge in [-0.05, 0) is 30.7 Å². The van der Waals surface area contributed by atoms with Crippen LogP contribution in [0.3, 0.4) is 0 Å². The molecule has 0 fully saturated rings. The number of benzene rings is 1. The molecule has 0 amide bonds. The highest BCUT2D eigenvalue weighted by atomic mass is 32.2. The first-order valence-corrected chi connectivity index (χ1v) is 11.6. The molecule has 0 saturated carbocycles. The van der Waals surface area contributed by atoms with Crippen LogP contribution >= 0.6 is 0 Å². The maximum absolute atomic E-state index is 11.1. The summed E-state index contributed by atoms with van der Waals surface area (Å²) in [5.41, 5.74) is 3.17. The molecule has 0 unspecified atom stereocenters. The largest absolute Gasteiger partial charge is 0.497 e. The molecule has 0 aliphatic heterocycles. The monoisotopic (exact) mass is 459 g/mol. The second kappa shape index (κ2) is 8.87. The fourth-order valence-corrected chi connectivity index (χ4v) is 4.12. The Morgan fingerprint density at radius 1 is 1.25 bits per heavy atom. The highest BCUT2D eigenvalue weighted by Crippen LogP contribution is 2.30. The SMILES string of the molecule is CC[C@@H](COS(N)(=O)=O)[C@@H](O)Cn1ccc2c(-c3cc4ccc(OC)cc4[nH]3)ncnc21. The van der Waals surface area contributed by atoms with E-state index in [0.717, 1.165) is 33.4 Å². The first-order chi connectivity index (χ1) is 15.3. The zero-order valence-electron chi connectivity index (χ0n) is 17.7. The standard InChI is InChI=1S/C21H25N5O5S/c1-3-13(11-31-32(22,28)29)19(27)10-26-7-6-16-20(23-12-24-21(16)26)18-8-14-4-5-15(30-2)9-17(14)25-18/h4-9,12-13,19,25,27H,3,10-11H2,1-2H3,(H2,22,28,29)/t13-,19-/m0/s1. The van der Waals surface area contributed by atoms with Crippen molar-refractivity contribution in [2.75, 3.05) is 13.7 Å². The summed E-state index contributed by atoms with van der Waals surface area (Å²) in [7, 11) is -2.44. The second-order valence-corrected chi connectivity index (χ2v) is 8.80. The van der Waals surface area contributed by atoms with Gasteiger partial charge in [0.1, 0.15) is 17.7 Å². The van der Waals surface area contributed by atoms with E-state index >= 15 is 0 Å². The lowest BCUT2D eigenvalue weighted by molar-refractivity contribution is 0.0616. The summed E-state index contributed by atoms with van der Waals surface area (Å²) in [5.74, 6) is 0.353. The number of nitrogens with zero attached hydrogens (tertiary/aromatic N) is 3. The first kappa shape index (κ1) is 22.2. The minimum atomic E-state index is -4.06. The summed E-state index contributed by atoms with van der Waals surface area (Å²) in [4.78, 5) is 12.2. The van der Waals surface area contributed by atoms with Gasteiger partial charge in [-0.1, -0.05) is 6.92 Å². The lowest BCUT2D eigenvalue weighted by Gasteiger charge is -2.21. The molecule has 170 valence electrons. The van der Waals surface area contributed by atoms with Crippen molar-refractivity contribution in [1.29, 1.82) is 0 Å². The maximum atomic E-state index is 11.1. The third-order valence-electron chi connectivity index (χ3n) is 5.54. The number of ether oxygens (including phenoxy) is 1. The van der Waals surface area contributed by atoms with Crippen LogP contribution in [0.25, 0.3) is 33.3 Å². The number of nitrogens with two attached hydrogens (primary N) is 1. The predicted octanol–water partition coefficient (Wildman–Crippen LogP) is 2.20. The van der Waals surface area contributed by atoms with Crippen LogP contribution in [0, 0.1) is 5.92 Å². The Balaban J connectivity index is 1.62. The topological polar surface area (TPSA) is 145 Å². The molecule has 10 nitrogen and oxygen atoms in total. The quantitative estimate of drug-likeness (QED) is 0.348. The van der Waals surface area contributed by atoms with Gasteiger partial charge in [-0.25, -0.2) is 15.1 Å². The molecule has 4 rings (SSSR count). The average Bonchev–Trinajstić information content (AvgIpc) is 3.37. The van der Waals surface area contributed by atoms with Crippen molar-refractivity contribution in [3.05, 3.63) is 42.9 Å². The molecule has 0 radical (unpaired) electrons. The van der Waals surface area contributed by atoms with Crippen LogP contribution < -0.4 is 9.88 Å². The summed E-state index contributed by atoms with van der Waals surface area (Å²) in [5, 5.41) is 17.4. The van der Waals surface area contributed by atoms with Crippen LogP contribution in [0.4, 0.5) is 0 Å². The van der Waals surface area contributed by atoms with Crippen molar-refractivity contribution >= 4 is 32.2 Å². The number of aromatic nitrogens is 4. The molecular weight excluding hydrogens is 434 g/mol. The summed E-state index contributed by atoms with van der Waals surface area (Å²) >= 11 is 0. The van der Waals surface area contributed by atoms with Gasteiger partial charge in [0, 0.05) is 34.5 Å². The van der Waals surface area contributed by atoms with Crippen LogP contribution in [0.2, 0.25) is 0 Å². The summed E-state index contributed by atoms with van der Waals surface area (Å²) in [6.45, 7) is 1.88. The summed E-state index contributed by atoms with van der Waals surface area (Å²) < 4.78 is 33.9. The van der Waals surface area contributed by atoms with Gasteiger partial charge < -0.3 is 19.4 Å². The lowest BCUT2D eigenvalue weighted by atomic mass is 10.0. The fraction of sp³-hybridized carbons (Fsp3) is 0.333. The number of aliphatic hydroxyl groups excluding tert-OH is 1. The molecule has 2 atom stereocenters. The number of H-pyrrole nitrogens is 1. The molecule has 0 spiro atoms. The van der Waals surface area contributed by atoms with Gasteiger partial charge in [0.05, 0.1) is 37.8 Å². The number of hydrogen-bond donors (Lipinski definition) is 3. The van der Waals surface area contributed by atoms with Gasteiger partial charge in [0.15, 0.2) is 0 Å². The number of nitrogens with one attached hydrogen (secondary N) is 1. The van der Waals surface area contributed by atoms with Gasteiger partial charge in [0.2, 0.25) is 0 Å². The van der Waals surface area contributed by atoms with E-state index in [4.69, 9.17) is 9.88 Å². The Bertz CT molecular complexity index is 1350. The summed E-state index contributed by atoms with van der Waals surface area (Å²) in [6, 6.07) is 9.71. The van der Waals surface area contributed by atoms with E-state index < -0.39 is 22.3 Å². The van der Waals surface area contributed by atoms with Crippen LogP contribution in [-0.2, 0) is 21.0 Å². The van der Waals surface area contributed by atoms with Crippen LogP contribution in [-0.4, -0.2) is 52.9 Å². The molecule has 0 bridgehead atoms. The number of aromatic amines is 1. The molecule has 4 N–H and O–H groups in total. The third kappa shape index (κ3) is 4.60. The normalized spacial score (nSPS) is 14.1. The van der Waals surface area contributed by atoms with E-state index in [1.54, 1.807) is 7.11 Å². The summed E-state index contributed by atoms with van der Waals surface area (Å²) in [6.07, 6.45) is 2.98. The van der Waals surface area contributed by atoms with Crippen molar-refractivity contribution < 1.29 is 22.4 Å². The number of hydrogen-bond acceptors (Lipinski definition) is 7. The second-order valence-electron chi connectivity index (χ2n) is 7.58. The Hall–Kier alpha value is -2.99. The minimum Gasteiger partial charge on any atom is -0.497 e. The van der Waals surface area contributed by atoms with Gasteiger partial charge in [-0.2, -0.15) is 8.42 Å². The Labute approximate surface area is 185 Å². The van der Waals surface area contributed by atoms with E-state index in [1.807, 2.05) is 48.0 Å². The average molecular weight is 460 g/mol. The van der Waals surface area contributed by atoms with Crippen LogP contribution in [0.15, 0.2) is 42.9 Å². The van der Waals surface area contributed by atoms with Crippen molar-refractivity contribution in [3.8, 4) is 17.1 Å². The van der Waals surface area contributed by atoms with Crippen molar-refractivity contribution in [2.24, 2.45) is 11.1 Å². The molecule has 11 heteroatoms. The molecule has 0 saturated heterocycles. The zero-order chi connectivity index (χ0) is 22.9. The van der Waals surface area contributed by atoms with Crippen molar-refractivity contribution in [1.82, 2.24) is 19.5 Å². The van der Waals surface area contributed by atoms with Crippen molar-refractivity contribution in [2.45, 2.75) is 26.0 Å². The zero-order valence-corrected chi connectivity index (χ0v) is 18.5. The molecule has 1 aromatic carbocycles. The smallest absolute Gasteiger partial charge is 0.333 e. The highest BCUT2D eigenvalue weighted by molar-refractivity contribution is 7.84. The molecule has 3 aromatic heterocycles. The number of fused-ring (bicyclic) bond motifs is 2. The van der Waals surface area contributed by atoms with Gasteiger partial charge in [0.25, 0.3) is 0 Å². The van der Waals surface area contributed by atoms with E-state index in [0.29, 0.717) is 12.1 Å². The Morgan fingerprint density at radius 2 is 2.06 bits per heavy atom. The molecule has 4 aromatic rings. The Morgan fingerprint density at radius 3 is 2.78 bits per heavy atom. The van der Waals surface area contributed by atoms with Gasteiger partial charge in [-0.3, -0.25) is 4.18 Å². The van der Waals surface area contributed by atoms with E-state index in [2.05, 4.69) is 19.1 Å². The number of aliphatic hydroxyl groups is 1. The van der Waals surface area contributed by atoms with Crippen LogP contribution in [0.1, 0.15) is 13.3 Å². The minimum absolute atomic E-state index is 0.186. The van der Waals surface area contributed by atoms with E-state index in [1.165, 1.54) is 6.33 Å². The van der Waals surface area contributed by atoms with Crippen molar-refractivity contribution in [3.63, 3.8) is 0 Å².